The van der Waals surface area contributed by atoms with Gasteiger partial charge in [0.15, 0.2) is 0 Å². The maximum Gasteiger partial charge on any atom is 0.0920 e. The lowest BCUT2D eigenvalue weighted by atomic mass is 9.83. The third-order valence-electron chi connectivity index (χ3n) is 7.69. The first-order chi connectivity index (χ1) is 15.1. The van der Waals surface area contributed by atoms with Crippen LogP contribution in [0.4, 0.5) is 0 Å². The molecule has 1 saturated heterocycles. The highest BCUT2D eigenvalue weighted by atomic mass is 15.3. The van der Waals surface area contributed by atoms with Gasteiger partial charge in [-0.05, 0) is 35.0 Å². The van der Waals surface area contributed by atoms with Crippen LogP contribution in [0, 0.1) is 28.1 Å². The maximum atomic E-state index is 4.58. The molecular formula is C28H51N5. The maximum absolute atomic E-state index is 4.58. The van der Waals surface area contributed by atoms with Crippen LogP contribution in [0.2, 0.25) is 0 Å². The molecule has 4 N–H and O–H groups in total. The van der Waals surface area contributed by atoms with Crippen molar-refractivity contribution in [3.8, 4) is 0 Å². The molecule has 0 bridgehead atoms. The minimum atomic E-state index is -0.0233. The summed E-state index contributed by atoms with van der Waals surface area (Å²) in [5, 5.41) is 14.0. The van der Waals surface area contributed by atoms with Crippen LogP contribution < -0.4 is 21.3 Å². The summed E-state index contributed by atoms with van der Waals surface area (Å²) in [5.74, 6) is 3.07. The molecule has 0 radical (unpaired) electrons. The molecule has 33 heavy (non-hydrogen) atoms. The van der Waals surface area contributed by atoms with Crippen LogP contribution in [0.25, 0.3) is 0 Å². The van der Waals surface area contributed by atoms with E-state index in [0.717, 1.165) is 42.9 Å². The first-order valence-electron chi connectivity index (χ1n) is 12.5. The molecule has 2 rings (SSSR count). The second-order valence-corrected chi connectivity index (χ2v) is 12.7. The normalized spacial score (nSPS) is 25.4. The Bertz CT molecular complexity index is 751. The number of hydrogen-bond acceptors (Lipinski definition) is 5. The van der Waals surface area contributed by atoms with E-state index in [4.69, 9.17) is 0 Å². The summed E-state index contributed by atoms with van der Waals surface area (Å²) in [7, 11) is 0. The molecule has 2 fully saturated rings. The molecule has 0 amide bonds. The van der Waals surface area contributed by atoms with Gasteiger partial charge in [0.25, 0.3) is 0 Å². The van der Waals surface area contributed by atoms with Crippen LogP contribution in [-0.2, 0) is 0 Å². The van der Waals surface area contributed by atoms with Gasteiger partial charge in [0, 0.05) is 31.4 Å². The van der Waals surface area contributed by atoms with Crippen LogP contribution >= 0.6 is 0 Å². The molecule has 5 heteroatoms. The second-order valence-electron chi connectivity index (χ2n) is 12.7. The van der Waals surface area contributed by atoms with Gasteiger partial charge < -0.3 is 26.2 Å². The molecule has 0 aromatic rings. The third-order valence-corrected chi connectivity index (χ3v) is 7.69. The molecule has 2 aliphatic rings. The second kappa shape index (κ2) is 9.68. The van der Waals surface area contributed by atoms with E-state index in [-0.39, 0.29) is 22.9 Å². The topological polar surface area (TPSA) is 51.4 Å². The molecule has 5 atom stereocenters. The molecular weight excluding hydrogens is 406 g/mol. The lowest BCUT2D eigenvalue weighted by Gasteiger charge is -2.42. The summed E-state index contributed by atoms with van der Waals surface area (Å²) in [4.78, 5) is 2.48. The van der Waals surface area contributed by atoms with Gasteiger partial charge >= 0.3 is 0 Å². The third kappa shape index (κ3) is 6.10. The molecule has 3 unspecified atom stereocenters. The van der Waals surface area contributed by atoms with E-state index in [0.29, 0.717) is 17.4 Å². The van der Waals surface area contributed by atoms with Crippen molar-refractivity contribution in [1.82, 2.24) is 26.2 Å². The number of nitrogens with zero attached hydrogens (tertiary/aromatic N) is 1. The van der Waals surface area contributed by atoms with Crippen molar-refractivity contribution in [2.45, 2.75) is 80.4 Å². The molecule has 0 spiro atoms. The number of hydrogen-bond donors (Lipinski definition) is 4. The van der Waals surface area contributed by atoms with Crippen LogP contribution in [0.15, 0.2) is 49.7 Å². The van der Waals surface area contributed by atoms with E-state index < -0.39 is 0 Å². The molecule has 1 aliphatic heterocycles. The van der Waals surface area contributed by atoms with Crippen LogP contribution in [0.1, 0.15) is 62.3 Å². The smallest absolute Gasteiger partial charge is 0.0920 e. The van der Waals surface area contributed by atoms with Crippen molar-refractivity contribution >= 4 is 0 Å². The fourth-order valence-corrected chi connectivity index (χ4v) is 5.39. The fraction of sp³-hybridized carbons (Fsp3) is 0.714. The van der Waals surface area contributed by atoms with Crippen LogP contribution in [0.5, 0.6) is 0 Å². The van der Waals surface area contributed by atoms with Gasteiger partial charge in [-0.25, -0.2) is 0 Å². The number of nitrogens with one attached hydrogen (secondary N) is 4. The Labute approximate surface area is 204 Å². The zero-order chi connectivity index (χ0) is 25.4. The number of piperidine rings is 1. The van der Waals surface area contributed by atoms with E-state index in [9.17, 15) is 0 Å². The minimum Gasteiger partial charge on any atom is -0.373 e. The monoisotopic (exact) mass is 457 g/mol. The van der Waals surface area contributed by atoms with Gasteiger partial charge in [0.05, 0.1) is 23.7 Å². The van der Waals surface area contributed by atoms with Crippen molar-refractivity contribution in [3.05, 3.63) is 49.7 Å². The minimum absolute atomic E-state index is 0.0233. The van der Waals surface area contributed by atoms with E-state index in [1.807, 2.05) is 0 Å². The molecule has 188 valence electrons. The first-order valence-corrected chi connectivity index (χ1v) is 12.5. The molecule has 5 nitrogen and oxygen atoms in total. The van der Waals surface area contributed by atoms with Gasteiger partial charge in [0.2, 0.25) is 0 Å². The van der Waals surface area contributed by atoms with Crippen molar-refractivity contribution in [1.29, 1.82) is 0 Å². The molecule has 0 aromatic carbocycles. The first kappa shape index (κ1) is 27.2. The van der Waals surface area contributed by atoms with E-state index in [2.05, 4.69) is 121 Å². The zero-order valence-electron chi connectivity index (χ0n) is 22.9. The average molecular weight is 458 g/mol. The Morgan fingerprint density at radius 2 is 1.61 bits per heavy atom. The Morgan fingerprint density at radius 3 is 2.09 bits per heavy atom. The summed E-state index contributed by atoms with van der Waals surface area (Å²) in [6.45, 7) is 40.1. The number of fused-ring (bicyclic) bond motifs is 1. The highest BCUT2D eigenvalue weighted by Gasteiger charge is 2.66. The van der Waals surface area contributed by atoms with Crippen LogP contribution in [0.3, 0.4) is 0 Å². The van der Waals surface area contributed by atoms with Gasteiger partial charge in [-0.3, -0.25) is 0 Å². The fourth-order valence-electron chi connectivity index (χ4n) is 5.39. The van der Waals surface area contributed by atoms with Crippen molar-refractivity contribution in [3.63, 3.8) is 0 Å². The van der Waals surface area contributed by atoms with Crippen LogP contribution in [-0.4, -0.2) is 42.7 Å². The predicted molar refractivity (Wildman–Crippen MR) is 143 cm³/mol. The summed E-state index contributed by atoms with van der Waals surface area (Å²) >= 11 is 0. The predicted octanol–water partition coefficient (Wildman–Crippen LogP) is 4.79. The lowest BCUT2D eigenvalue weighted by molar-refractivity contribution is 0.201. The number of rotatable bonds is 12. The van der Waals surface area contributed by atoms with Gasteiger partial charge in [-0.2, -0.15) is 0 Å². The summed E-state index contributed by atoms with van der Waals surface area (Å²) < 4.78 is 0. The molecule has 1 aliphatic carbocycles. The zero-order valence-corrected chi connectivity index (χ0v) is 22.9. The molecule has 1 saturated carbocycles. The quantitative estimate of drug-likeness (QED) is 0.317. The number of likely N-dealkylation sites (tertiary alicyclic amines) is 1. The largest absolute Gasteiger partial charge is 0.373 e. The Morgan fingerprint density at radius 1 is 1.00 bits per heavy atom. The highest BCUT2D eigenvalue weighted by Crippen LogP contribution is 2.65. The van der Waals surface area contributed by atoms with Gasteiger partial charge in [0.1, 0.15) is 0 Å². The Kier molecular flexibility index (Phi) is 7.98. The van der Waals surface area contributed by atoms with Crippen molar-refractivity contribution in [2.75, 3.05) is 19.6 Å². The highest BCUT2D eigenvalue weighted by molar-refractivity contribution is 5.26. The van der Waals surface area contributed by atoms with Crippen molar-refractivity contribution < 1.29 is 0 Å². The van der Waals surface area contributed by atoms with Gasteiger partial charge in [-0.1, -0.05) is 81.2 Å². The summed E-state index contributed by atoms with van der Waals surface area (Å²) in [5.41, 5.74) is 1.55. The molecule has 1 heterocycles. The lowest BCUT2D eigenvalue weighted by Crippen LogP contribution is -2.53. The Hall–Kier alpha value is -2.04. The van der Waals surface area contributed by atoms with Crippen molar-refractivity contribution in [2.24, 2.45) is 28.1 Å². The van der Waals surface area contributed by atoms with E-state index in [1.165, 1.54) is 0 Å². The Balaban J connectivity index is 2.09. The standard InChI is InChI=1S/C28H51N5/c1-14-22-24-21(28(24,12)13)17-33(22)18(3)25(27(9,10)11)32-20(5)31-23(26(6,7)8)16-30-19(4)29-15-2/h14,21-25,29-32H,1,3-5,15-17H2,2,6-13H3/t21-,22?,23?,24-,25?/m0/s1. The van der Waals surface area contributed by atoms with E-state index >= 15 is 0 Å². The average Bonchev–Trinajstić information content (AvgIpc) is 3.01. The van der Waals surface area contributed by atoms with E-state index in [1.54, 1.807) is 0 Å². The summed E-state index contributed by atoms with van der Waals surface area (Å²) in [6, 6.07) is 0.586. The SMILES string of the molecule is C=CC1[C@@H]2[C@H](CN1C(=C)C(NC(=C)NC(CNC(=C)NCC)C(C)(C)C)C(C)(C)C)C2(C)C. The van der Waals surface area contributed by atoms with Gasteiger partial charge in [-0.15, -0.1) is 6.58 Å². The molecule has 0 aromatic heterocycles. The summed E-state index contributed by atoms with van der Waals surface area (Å²) in [6.07, 6.45) is 2.12.